The Bertz CT molecular complexity index is 1380. The van der Waals surface area contributed by atoms with Crippen LogP contribution in [0.1, 0.15) is 90.2 Å². The van der Waals surface area contributed by atoms with E-state index in [1.54, 1.807) is 32.8 Å². The summed E-state index contributed by atoms with van der Waals surface area (Å²) in [6.07, 6.45) is 2.57. The molecule has 5 rings (SSSR count). The average molecular weight is 621 g/mol. The molecule has 2 aromatic rings. The standard InChI is InChI=1S/C36H48N2O7/c1-33(2,3)45-32(42)37-20-19-36(30(39)40,22-34(37,4)5)38(23-35(24-43-6)17-11-12-18-35)31(41)44-21-29-27-15-9-7-13-25(27)26-14-8-10-16-28(26)29/h7-10,13-16,29H,11-12,17-24H2,1-6H3,(H,39,40). The third-order valence-electron chi connectivity index (χ3n) is 9.90. The van der Waals surface area contributed by atoms with Gasteiger partial charge in [0.1, 0.15) is 17.7 Å². The van der Waals surface area contributed by atoms with Gasteiger partial charge in [0.25, 0.3) is 0 Å². The highest BCUT2D eigenvalue weighted by Gasteiger charge is 2.57. The van der Waals surface area contributed by atoms with Crippen molar-refractivity contribution in [1.82, 2.24) is 9.80 Å². The lowest BCUT2D eigenvalue weighted by Crippen LogP contribution is -2.69. The van der Waals surface area contributed by atoms with Crippen molar-refractivity contribution in [2.45, 2.75) is 95.7 Å². The summed E-state index contributed by atoms with van der Waals surface area (Å²) in [7, 11) is 1.65. The number of likely N-dealkylation sites (tertiary alicyclic amines) is 1. The molecule has 9 nitrogen and oxygen atoms in total. The van der Waals surface area contributed by atoms with Crippen LogP contribution in [0, 0.1) is 5.41 Å². The number of amides is 2. The van der Waals surface area contributed by atoms with Gasteiger partial charge in [-0.1, -0.05) is 61.4 Å². The molecule has 1 heterocycles. The molecule has 1 aliphatic heterocycles. The van der Waals surface area contributed by atoms with Crippen LogP contribution in [0.15, 0.2) is 48.5 Å². The number of aliphatic carboxylic acids is 1. The smallest absolute Gasteiger partial charge is 0.410 e. The predicted octanol–water partition coefficient (Wildman–Crippen LogP) is 7.08. The zero-order valence-corrected chi connectivity index (χ0v) is 27.6. The Morgan fingerprint density at radius 2 is 1.53 bits per heavy atom. The van der Waals surface area contributed by atoms with Crippen molar-refractivity contribution in [3.05, 3.63) is 59.7 Å². The first-order chi connectivity index (χ1) is 21.2. The molecule has 45 heavy (non-hydrogen) atoms. The number of methoxy groups -OCH3 is 1. The van der Waals surface area contributed by atoms with Gasteiger partial charge >= 0.3 is 18.2 Å². The summed E-state index contributed by atoms with van der Waals surface area (Å²) in [5.41, 5.74) is 0.836. The summed E-state index contributed by atoms with van der Waals surface area (Å²) in [6.45, 7) is 9.92. The van der Waals surface area contributed by atoms with Gasteiger partial charge in [-0.25, -0.2) is 14.4 Å². The summed E-state index contributed by atoms with van der Waals surface area (Å²) in [4.78, 5) is 44.1. The number of carboxylic acids is 1. The summed E-state index contributed by atoms with van der Waals surface area (Å²) in [5, 5.41) is 11.0. The Morgan fingerprint density at radius 1 is 0.956 bits per heavy atom. The number of fused-ring (bicyclic) bond motifs is 3. The van der Waals surface area contributed by atoms with Crippen molar-refractivity contribution >= 4 is 18.2 Å². The molecule has 1 saturated carbocycles. The van der Waals surface area contributed by atoms with E-state index < -0.39 is 34.8 Å². The van der Waals surface area contributed by atoms with E-state index in [0.717, 1.165) is 47.9 Å². The lowest BCUT2D eigenvalue weighted by Gasteiger charge is -2.53. The number of benzene rings is 2. The van der Waals surface area contributed by atoms with Gasteiger partial charge in [0.15, 0.2) is 0 Å². The molecule has 2 fully saturated rings. The minimum absolute atomic E-state index is 0.0296. The zero-order chi connectivity index (χ0) is 32.6. The first-order valence-electron chi connectivity index (χ1n) is 16.1. The number of carboxylic acid groups (broad SMARTS) is 1. The van der Waals surface area contributed by atoms with Crippen LogP contribution in [-0.4, -0.2) is 83.2 Å². The number of nitrogens with zero attached hydrogens (tertiary/aromatic N) is 2. The average Bonchev–Trinajstić information content (AvgIpc) is 3.56. The van der Waals surface area contributed by atoms with Gasteiger partial charge in [0, 0.05) is 43.5 Å². The maximum atomic E-state index is 14.4. The first-order valence-corrected chi connectivity index (χ1v) is 16.1. The van der Waals surface area contributed by atoms with E-state index in [2.05, 4.69) is 24.3 Å². The number of hydrogen-bond acceptors (Lipinski definition) is 6. The largest absolute Gasteiger partial charge is 0.479 e. The van der Waals surface area contributed by atoms with Crippen molar-refractivity contribution in [1.29, 1.82) is 0 Å². The minimum atomic E-state index is -1.59. The SMILES string of the molecule is COCC1(CN(C(=O)OCC2c3ccccc3-c3ccccc32)C2(C(=O)O)CCN(C(=O)OC(C)(C)C)C(C)(C)C2)CCCC1. The second kappa shape index (κ2) is 12.3. The van der Waals surface area contributed by atoms with Crippen LogP contribution < -0.4 is 0 Å². The predicted molar refractivity (Wildman–Crippen MR) is 171 cm³/mol. The van der Waals surface area contributed by atoms with Crippen LogP contribution >= 0.6 is 0 Å². The topological polar surface area (TPSA) is 106 Å². The van der Waals surface area contributed by atoms with Crippen molar-refractivity contribution < 1.29 is 33.7 Å². The molecule has 1 N–H and O–H groups in total. The number of hydrogen-bond donors (Lipinski definition) is 1. The Morgan fingerprint density at radius 3 is 2.04 bits per heavy atom. The Hall–Kier alpha value is -3.59. The molecule has 0 spiro atoms. The molecule has 2 aromatic carbocycles. The molecule has 3 aliphatic rings. The van der Waals surface area contributed by atoms with Crippen LogP contribution in [0.4, 0.5) is 9.59 Å². The fraction of sp³-hybridized carbons (Fsp3) is 0.583. The van der Waals surface area contributed by atoms with E-state index in [0.29, 0.717) is 6.61 Å². The quantitative estimate of drug-likeness (QED) is 0.336. The lowest BCUT2D eigenvalue weighted by atomic mass is 9.74. The zero-order valence-electron chi connectivity index (χ0n) is 27.6. The summed E-state index contributed by atoms with van der Waals surface area (Å²) in [5.74, 6) is -1.26. The number of ether oxygens (including phenoxy) is 3. The Balaban J connectivity index is 1.47. The van der Waals surface area contributed by atoms with Gasteiger partial charge in [-0.2, -0.15) is 0 Å². The molecule has 0 aromatic heterocycles. The number of rotatable bonds is 8. The normalized spacial score (nSPS) is 22.0. The lowest BCUT2D eigenvalue weighted by molar-refractivity contribution is -0.160. The van der Waals surface area contributed by atoms with Crippen LogP contribution in [0.25, 0.3) is 11.1 Å². The Labute approximate surface area is 266 Å². The number of carbonyl (C=O) groups excluding carboxylic acids is 2. The second-order valence-electron chi connectivity index (χ2n) is 14.7. The van der Waals surface area contributed by atoms with E-state index in [1.165, 1.54) is 4.90 Å². The highest BCUT2D eigenvalue weighted by molar-refractivity contribution is 5.86. The number of carbonyl (C=O) groups is 3. The van der Waals surface area contributed by atoms with Crippen molar-refractivity contribution in [3.63, 3.8) is 0 Å². The van der Waals surface area contributed by atoms with E-state index in [4.69, 9.17) is 14.2 Å². The summed E-state index contributed by atoms with van der Waals surface area (Å²) in [6, 6.07) is 16.3. The van der Waals surface area contributed by atoms with Gasteiger partial charge in [0.2, 0.25) is 0 Å². The van der Waals surface area contributed by atoms with E-state index in [1.807, 2.05) is 38.1 Å². The Kier molecular flexibility index (Phi) is 8.97. The molecular formula is C36H48N2O7. The van der Waals surface area contributed by atoms with Crippen molar-refractivity contribution in [3.8, 4) is 11.1 Å². The maximum absolute atomic E-state index is 14.4. The third-order valence-corrected chi connectivity index (χ3v) is 9.90. The maximum Gasteiger partial charge on any atom is 0.410 e. The van der Waals surface area contributed by atoms with Crippen LogP contribution in [0.2, 0.25) is 0 Å². The molecule has 9 heteroatoms. The fourth-order valence-electron chi connectivity index (χ4n) is 7.86. The molecule has 2 amide bonds. The molecule has 1 atom stereocenters. The fourth-order valence-corrected chi connectivity index (χ4v) is 7.86. The van der Waals surface area contributed by atoms with E-state index in [9.17, 15) is 19.5 Å². The second-order valence-corrected chi connectivity index (χ2v) is 14.7. The van der Waals surface area contributed by atoms with E-state index in [-0.39, 0.29) is 43.9 Å². The molecule has 0 radical (unpaired) electrons. The highest BCUT2D eigenvalue weighted by Crippen LogP contribution is 2.47. The number of piperidine rings is 1. The highest BCUT2D eigenvalue weighted by atomic mass is 16.6. The van der Waals surface area contributed by atoms with Gasteiger partial charge in [0.05, 0.1) is 6.61 Å². The molecule has 2 aliphatic carbocycles. The molecule has 1 saturated heterocycles. The summed E-state index contributed by atoms with van der Waals surface area (Å²) >= 11 is 0. The molecule has 1 unspecified atom stereocenters. The van der Waals surface area contributed by atoms with Gasteiger partial charge in [-0.15, -0.1) is 0 Å². The molecular weight excluding hydrogens is 572 g/mol. The molecule has 244 valence electrons. The van der Waals surface area contributed by atoms with Crippen LogP contribution in [0.3, 0.4) is 0 Å². The van der Waals surface area contributed by atoms with Gasteiger partial charge in [-0.3, -0.25) is 4.90 Å². The van der Waals surface area contributed by atoms with Crippen LogP contribution in [-0.2, 0) is 19.0 Å². The van der Waals surface area contributed by atoms with Crippen molar-refractivity contribution in [2.75, 3.05) is 33.4 Å². The third kappa shape index (κ3) is 6.41. The minimum Gasteiger partial charge on any atom is -0.479 e. The molecule has 0 bridgehead atoms. The van der Waals surface area contributed by atoms with Crippen molar-refractivity contribution in [2.24, 2.45) is 5.41 Å². The van der Waals surface area contributed by atoms with E-state index >= 15 is 0 Å². The van der Waals surface area contributed by atoms with Gasteiger partial charge in [-0.05, 0) is 76.1 Å². The van der Waals surface area contributed by atoms with Crippen LogP contribution in [0.5, 0.6) is 0 Å². The monoisotopic (exact) mass is 620 g/mol. The summed E-state index contributed by atoms with van der Waals surface area (Å²) < 4.78 is 17.5. The van der Waals surface area contributed by atoms with Gasteiger partial charge < -0.3 is 24.2 Å². The first kappa shape index (κ1) is 32.8.